The summed E-state index contributed by atoms with van der Waals surface area (Å²) in [6.45, 7) is 0.524. The molecule has 2 rings (SSSR count). The van der Waals surface area contributed by atoms with Crippen molar-refractivity contribution in [3.63, 3.8) is 0 Å². The van der Waals surface area contributed by atoms with Crippen LogP contribution < -0.4 is 15.4 Å². The molecule has 17 heavy (non-hydrogen) atoms. The molecule has 0 aromatic heterocycles. The first-order valence-electron chi connectivity index (χ1n) is 5.95. The molecule has 0 unspecified atom stereocenters. The summed E-state index contributed by atoms with van der Waals surface area (Å²) in [5.74, 6) is 0.809. The standard InChI is InChI=1S/C13H18N2O2/c1-17-12-7-2-4-10(8-12)9-14-13(16)15-11-5-3-6-11/h2,4,7-8,11H,3,5-6,9H2,1H3,(H2,14,15,16). The topological polar surface area (TPSA) is 50.4 Å². The molecule has 1 aromatic rings. The predicted octanol–water partition coefficient (Wildman–Crippen LogP) is 2.05. The SMILES string of the molecule is COc1cccc(CNC(=O)NC2CCC2)c1. The van der Waals surface area contributed by atoms with E-state index in [4.69, 9.17) is 4.74 Å². The van der Waals surface area contributed by atoms with Crippen LogP contribution in [-0.2, 0) is 6.54 Å². The second-order valence-electron chi connectivity index (χ2n) is 4.31. The van der Waals surface area contributed by atoms with Crippen LogP contribution in [0.25, 0.3) is 0 Å². The lowest BCUT2D eigenvalue weighted by Gasteiger charge is -2.26. The Morgan fingerprint density at radius 3 is 2.94 bits per heavy atom. The largest absolute Gasteiger partial charge is 0.497 e. The number of carbonyl (C=O) groups is 1. The Balaban J connectivity index is 1.77. The summed E-state index contributed by atoms with van der Waals surface area (Å²) in [6.07, 6.45) is 3.43. The van der Waals surface area contributed by atoms with E-state index in [1.807, 2.05) is 24.3 Å². The van der Waals surface area contributed by atoms with Crippen LogP contribution in [0.5, 0.6) is 5.75 Å². The van der Waals surface area contributed by atoms with E-state index in [1.165, 1.54) is 6.42 Å². The molecule has 0 heterocycles. The van der Waals surface area contributed by atoms with Crippen molar-refractivity contribution in [3.8, 4) is 5.75 Å². The zero-order valence-corrected chi connectivity index (χ0v) is 10.0. The maximum absolute atomic E-state index is 11.5. The van der Waals surface area contributed by atoms with E-state index < -0.39 is 0 Å². The summed E-state index contributed by atoms with van der Waals surface area (Å²) < 4.78 is 5.12. The average molecular weight is 234 g/mol. The fourth-order valence-electron chi connectivity index (χ4n) is 1.75. The number of amides is 2. The number of urea groups is 1. The minimum absolute atomic E-state index is 0.0856. The van der Waals surface area contributed by atoms with E-state index in [-0.39, 0.29) is 6.03 Å². The third-order valence-corrected chi connectivity index (χ3v) is 3.03. The Morgan fingerprint density at radius 1 is 1.47 bits per heavy atom. The molecule has 2 amide bonds. The van der Waals surface area contributed by atoms with Crippen molar-refractivity contribution in [2.45, 2.75) is 31.8 Å². The van der Waals surface area contributed by atoms with Gasteiger partial charge in [-0.15, -0.1) is 0 Å². The van der Waals surface area contributed by atoms with Crippen LogP contribution >= 0.6 is 0 Å². The predicted molar refractivity (Wildman–Crippen MR) is 66.0 cm³/mol. The van der Waals surface area contributed by atoms with E-state index in [9.17, 15) is 4.79 Å². The van der Waals surface area contributed by atoms with Crippen LogP contribution in [0.1, 0.15) is 24.8 Å². The molecule has 0 spiro atoms. The number of hydrogen-bond acceptors (Lipinski definition) is 2. The summed E-state index contributed by atoms with van der Waals surface area (Å²) in [5.41, 5.74) is 1.04. The average Bonchev–Trinajstić information content (AvgIpc) is 2.31. The van der Waals surface area contributed by atoms with Gasteiger partial charge < -0.3 is 15.4 Å². The summed E-state index contributed by atoms with van der Waals surface area (Å²) in [5, 5.41) is 5.78. The molecule has 0 bridgehead atoms. The summed E-state index contributed by atoms with van der Waals surface area (Å²) in [4.78, 5) is 11.5. The van der Waals surface area contributed by atoms with Crippen molar-refractivity contribution in [2.75, 3.05) is 7.11 Å². The first-order chi connectivity index (χ1) is 8.28. The highest BCUT2D eigenvalue weighted by Crippen LogP contribution is 2.17. The molecule has 4 heteroatoms. The summed E-state index contributed by atoms with van der Waals surface area (Å²) >= 11 is 0. The smallest absolute Gasteiger partial charge is 0.315 e. The number of nitrogens with one attached hydrogen (secondary N) is 2. The van der Waals surface area contributed by atoms with E-state index in [2.05, 4.69) is 10.6 Å². The molecular formula is C13H18N2O2. The van der Waals surface area contributed by atoms with E-state index in [0.717, 1.165) is 24.2 Å². The third-order valence-electron chi connectivity index (χ3n) is 3.03. The number of rotatable bonds is 4. The molecule has 1 aliphatic rings. The Labute approximate surface area is 101 Å². The molecule has 92 valence electrons. The number of benzene rings is 1. The van der Waals surface area contributed by atoms with Gasteiger partial charge in [0.2, 0.25) is 0 Å². The van der Waals surface area contributed by atoms with E-state index in [1.54, 1.807) is 7.11 Å². The Morgan fingerprint density at radius 2 is 2.29 bits per heavy atom. The van der Waals surface area contributed by atoms with Gasteiger partial charge in [0.25, 0.3) is 0 Å². The second-order valence-corrected chi connectivity index (χ2v) is 4.31. The van der Waals surface area contributed by atoms with Crippen LogP contribution in [-0.4, -0.2) is 19.2 Å². The maximum Gasteiger partial charge on any atom is 0.315 e. The minimum atomic E-state index is -0.0856. The van der Waals surface area contributed by atoms with Crippen LogP contribution in [0.3, 0.4) is 0 Å². The molecule has 1 fully saturated rings. The molecule has 1 saturated carbocycles. The van der Waals surface area contributed by atoms with Crippen LogP contribution in [0.4, 0.5) is 4.79 Å². The molecule has 0 saturated heterocycles. The zero-order chi connectivity index (χ0) is 12.1. The van der Waals surface area contributed by atoms with Gasteiger partial charge in [-0.3, -0.25) is 0 Å². The number of ether oxygens (including phenoxy) is 1. The van der Waals surface area contributed by atoms with E-state index in [0.29, 0.717) is 12.6 Å². The first kappa shape index (κ1) is 11.8. The van der Waals surface area contributed by atoms with Crippen molar-refractivity contribution in [2.24, 2.45) is 0 Å². The number of carbonyl (C=O) groups excluding carboxylic acids is 1. The molecular weight excluding hydrogens is 216 g/mol. The monoisotopic (exact) mass is 234 g/mol. The van der Waals surface area contributed by atoms with Crippen molar-refractivity contribution in [1.82, 2.24) is 10.6 Å². The molecule has 2 N–H and O–H groups in total. The molecule has 0 aliphatic heterocycles. The molecule has 0 radical (unpaired) electrons. The molecule has 1 aromatic carbocycles. The lowest BCUT2D eigenvalue weighted by molar-refractivity contribution is 0.228. The van der Waals surface area contributed by atoms with Crippen molar-refractivity contribution in [1.29, 1.82) is 0 Å². The lowest BCUT2D eigenvalue weighted by Crippen LogP contribution is -2.44. The van der Waals surface area contributed by atoms with Gasteiger partial charge >= 0.3 is 6.03 Å². The normalized spacial score (nSPS) is 14.9. The fourth-order valence-corrected chi connectivity index (χ4v) is 1.75. The molecule has 0 atom stereocenters. The van der Waals surface area contributed by atoms with Gasteiger partial charge in [0, 0.05) is 12.6 Å². The Kier molecular flexibility index (Phi) is 3.85. The zero-order valence-electron chi connectivity index (χ0n) is 10.0. The van der Waals surface area contributed by atoms with E-state index >= 15 is 0 Å². The lowest BCUT2D eigenvalue weighted by atomic mass is 9.93. The quantitative estimate of drug-likeness (QED) is 0.837. The van der Waals surface area contributed by atoms with Gasteiger partial charge in [0.05, 0.1) is 7.11 Å². The summed E-state index contributed by atoms with van der Waals surface area (Å²) in [6, 6.07) is 7.98. The van der Waals surface area contributed by atoms with Gasteiger partial charge in [-0.2, -0.15) is 0 Å². The summed E-state index contributed by atoms with van der Waals surface area (Å²) in [7, 11) is 1.63. The second kappa shape index (κ2) is 5.57. The van der Waals surface area contributed by atoms with Gasteiger partial charge in [-0.1, -0.05) is 12.1 Å². The molecule has 4 nitrogen and oxygen atoms in total. The van der Waals surface area contributed by atoms with Crippen LogP contribution in [0, 0.1) is 0 Å². The number of hydrogen-bond donors (Lipinski definition) is 2. The Bertz CT molecular complexity index is 389. The van der Waals surface area contributed by atoms with Gasteiger partial charge in [-0.25, -0.2) is 4.79 Å². The van der Waals surface area contributed by atoms with Crippen LogP contribution in [0.2, 0.25) is 0 Å². The highest BCUT2D eigenvalue weighted by atomic mass is 16.5. The highest BCUT2D eigenvalue weighted by Gasteiger charge is 2.18. The highest BCUT2D eigenvalue weighted by molar-refractivity contribution is 5.74. The Hall–Kier alpha value is -1.71. The van der Waals surface area contributed by atoms with Gasteiger partial charge in [0.1, 0.15) is 5.75 Å². The minimum Gasteiger partial charge on any atom is -0.497 e. The number of methoxy groups -OCH3 is 1. The molecule has 1 aliphatic carbocycles. The van der Waals surface area contributed by atoms with Crippen molar-refractivity contribution < 1.29 is 9.53 Å². The fraction of sp³-hybridized carbons (Fsp3) is 0.462. The van der Waals surface area contributed by atoms with Crippen molar-refractivity contribution >= 4 is 6.03 Å². The van der Waals surface area contributed by atoms with Crippen LogP contribution in [0.15, 0.2) is 24.3 Å². The van der Waals surface area contributed by atoms with Gasteiger partial charge in [0.15, 0.2) is 0 Å². The maximum atomic E-state index is 11.5. The van der Waals surface area contributed by atoms with Gasteiger partial charge in [-0.05, 0) is 37.0 Å². The first-order valence-corrected chi connectivity index (χ1v) is 5.95. The third kappa shape index (κ3) is 3.37. The van der Waals surface area contributed by atoms with Crippen molar-refractivity contribution in [3.05, 3.63) is 29.8 Å².